The molecule has 5 aromatic rings. The number of hydrogen-bond donors (Lipinski definition) is 1. The number of thiazole rings is 1. The summed E-state index contributed by atoms with van der Waals surface area (Å²) in [5, 5.41) is 4.39. The van der Waals surface area contributed by atoms with Crippen molar-refractivity contribution >= 4 is 76.6 Å². The Labute approximate surface area is 209 Å². The lowest BCUT2D eigenvalue weighted by molar-refractivity contribution is 0.0997. The van der Waals surface area contributed by atoms with E-state index in [0.29, 0.717) is 16.5 Å². The van der Waals surface area contributed by atoms with Crippen LogP contribution in [-0.2, 0) is 0 Å². The van der Waals surface area contributed by atoms with Crippen molar-refractivity contribution in [1.82, 2.24) is 4.98 Å². The number of carbonyl (C=O) groups is 1. The van der Waals surface area contributed by atoms with Crippen molar-refractivity contribution in [1.29, 1.82) is 0 Å². The predicted octanol–water partition coefficient (Wildman–Crippen LogP) is 8.65. The van der Waals surface area contributed by atoms with E-state index in [1.807, 2.05) is 48.5 Å². The quantitative estimate of drug-likeness (QED) is 0.229. The lowest BCUT2D eigenvalue weighted by Crippen LogP contribution is -2.12. The molecule has 4 nitrogen and oxygen atoms in total. The summed E-state index contributed by atoms with van der Waals surface area (Å²) in [5.41, 5.74) is 3.15. The molecule has 0 fully saturated rings. The number of halogens is 3. The van der Waals surface area contributed by atoms with E-state index >= 15 is 0 Å². The van der Waals surface area contributed by atoms with Crippen molar-refractivity contribution in [3.8, 4) is 21.9 Å². The number of furan rings is 1. The summed E-state index contributed by atoms with van der Waals surface area (Å²) in [6.45, 7) is 0. The van der Waals surface area contributed by atoms with Gasteiger partial charge in [-0.15, -0.1) is 11.3 Å². The van der Waals surface area contributed by atoms with Gasteiger partial charge in [0, 0.05) is 25.1 Å². The van der Waals surface area contributed by atoms with Crippen molar-refractivity contribution in [3.63, 3.8) is 0 Å². The maximum Gasteiger partial charge on any atom is 0.291 e. The first-order chi connectivity index (χ1) is 15.5. The molecule has 0 radical (unpaired) electrons. The van der Waals surface area contributed by atoms with Crippen LogP contribution in [0.25, 0.3) is 32.1 Å². The molecule has 0 aliphatic rings. The van der Waals surface area contributed by atoms with Crippen LogP contribution >= 0.6 is 54.8 Å². The highest BCUT2D eigenvalue weighted by atomic mass is 79.9. The first-order valence-corrected chi connectivity index (χ1v) is 12.3. The number of nitrogens with one attached hydrogen (secondary N) is 1. The van der Waals surface area contributed by atoms with Gasteiger partial charge in [0.15, 0.2) is 5.76 Å². The molecule has 0 saturated heterocycles. The normalized spacial score (nSPS) is 11.1. The van der Waals surface area contributed by atoms with Crippen molar-refractivity contribution in [2.45, 2.75) is 0 Å². The lowest BCUT2D eigenvalue weighted by atomic mass is 10.2. The fourth-order valence-electron chi connectivity index (χ4n) is 3.29. The van der Waals surface area contributed by atoms with E-state index in [9.17, 15) is 4.79 Å². The van der Waals surface area contributed by atoms with Gasteiger partial charge >= 0.3 is 0 Å². The Bertz CT molecular complexity index is 1450. The number of aromatic nitrogens is 1. The molecule has 158 valence electrons. The van der Waals surface area contributed by atoms with Gasteiger partial charge in [-0.25, -0.2) is 4.98 Å². The third kappa shape index (κ3) is 4.26. The topological polar surface area (TPSA) is 55.1 Å². The Morgan fingerprint density at radius 1 is 1.00 bits per heavy atom. The highest BCUT2D eigenvalue weighted by Crippen LogP contribution is 2.40. The zero-order valence-corrected chi connectivity index (χ0v) is 21.0. The largest absolute Gasteiger partial charge is 0.451 e. The number of nitrogens with zero attached hydrogens (tertiary/aromatic N) is 1. The molecule has 0 bridgehead atoms. The van der Waals surface area contributed by atoms with Gasteiger partial charge in [0.05, 0.1) is 15.9 Å². The molecule has 2 aromatic heterocycles. The molecule has 0 aliphatic heterocycles. The zero-order chi connectivity index (χ0) is 22.2. The molecule has 3 aromatic carbocycles. The minimum absolute atomic E-state index is 0.199. The molecule has 5 rings (SSSR count). The average Bonchev–Trinajstić information content (AvgIpc) is 3.43. The first kappa shape index (κ1) is 21.4. The van der Waals surface area contributed by atoms with Crippen molar-refractivity contribution in [2.75, 3.05) is 5.32 Å². The van der Waals surface area contributed by atoms with Crippen LogP contribution in [0.4, 0.5) is 5.69 Å². The minimum atomic E-state index is -0.358. The Morgan fingerprint density at radius 2 is 1.84 bits per heavy atom. The molecule has 2 heterocycles. The monoisotopic (exact) mass is 586 g/mol. The Kier molecular flexibility index (Phi) is 5.90. The molecule has 0 unspecified atom stereocenters. The molecule has 1 amide bonds. The second kappa shape index (κ2) is 8.83. The fourth-order valence-corrected chi connectivity index (χ4v) is 5.79. The third-order valence-electron chi connectivity index (χ3n) is 4.76. The Balaban J connectivity index is 1.50. The van der Waals surface area contributed by atoms with Crippen molar-refractivity contribution in [3.05, 3.63) is 92.5 Å². The van der Waals surface area contributed by atoms with Gasteiger partial charge in [-0.1, -0.05) is 51.8 Å². The summed E-state index contributed by atoms with van der Waals surface area (Å²) < 4.78 is 8.49. The molecular formula is C24H13Br2ClN2O2S. The fraction of sp³-hybridized carbons (Fsp3) is 0. The number of hydrogen-bond acceptors (Lipinski definition) is 4. The first-order valence-electron chi connectivity index (χ1n) is 9.50. The van der Waals surface area contributed by atoms with Crippen LogP contribution in [0.1, 0.15) is 10.6 Å². The summed E-state index contributed by atoms with van der Waals surface area (Å²) >= 11 is 14.8. The van der Waals surface area contributed by atoms with Gasteiger partial charge in [0.1, 0.15) is 10.8 Å². The van der Waals surface area contributed by atoms with E-state index in [1.165, 1.54) is 0 Å². The van der Waals surface area contributed by atoms with Gasteiger partial charge < -0.3 is 9.73 Å². The summed E-state index contributed by atoms with van der Waals surface area (Å²) in [5.74, 6) is 0.410. The molecule has 0 atom stereocenters. The molecular weight excluding hydrogens is 576 g/mol. The number of amides is 1. The Morgan fingerprint density at radius 3 is 2.66 bits per heavy atom. The van der Waals surface area contributed by atoms with E-state index in [4.69, 9.17) is 21.0 Å². The van der Waals surface area contributed by atoms with E-state index in [0.717, 1.165) is 35.3 Å². The van der Waals surface area contributed by atoms with Gasteiger partial charge in [0.25, 0.3) is 5.91 Å². The summed E-state index contributed by atoms with van der Waals surface area (Å²) in [4.78, 5) is 17.8. The van der Waals surface area contributed by atoms with Crippen molar-refractivity contribution in [2.24, 2.45) is 0 Å². The van der Waals surface area contributed by atoms with E-state index in [2.05, 4.69) is 37.2 Å². The van der Waals surface area contributed by atoms with Gasteiger partial charge in [-0.3, -0.25) is 4.79 Å². The number of anilines is 1. The van der Waals surface area contributed by atoms with Crippen LogP contribution in [0.15, 0.2) is 86.2 Å². The highest BCUT2D eigenvalue weighted by Gasteiger charge is 2.19. The SMILES string of the molecule is O=C(Nc1c(Br)cc(Br)cc1-c1nc2ccccc2s1)c1ccc(-c2cccc(Cl)c2)o1. The third-order valence-corrected chi connectivity index (χ3v) is 7.14. The highest BCUT2D eigenvalue weighted by molar-refractivity contribution is 9.11. The number of carbonyl (C=O) groups excluding carboxylic acids is 1. The summed E-state index contributed by atoms with van der Waals surface area (Å²) in [7, 11) is 0. The number of fused-ring (bicyclic) bond motifs is 1. The van der Waals surface area contributed by atoms with Gasteiger partial charge in [-0.05, 0) is 64.5 Å². The molecule has 0 saturated carbocycles. The second-order valence-corrected chi connectivity index (χ2v) is 10.2. The maximum atomic E-state index is 13.0. The molecule has 1 N–H and O–H groups in total. The average molecular weight is 589 g/mol. The van der Waals surface area contributed by atoms with E-state index in [1.54, 1.807) is 35.6 Å². The minimum Gasteiger partial charge on any atom is -0.451 e. The number of para-hydroxylation sites is 1. The summed E-state index contributed by atoms with van der Waals surface area (Å²) in [6.07, 6.45) is 0. The molecule has 8 heteroatoms. The van der Waals surface area contributed by atoms with Crippen LogP contribution in [0.2, 0.25) is 5.02 Å². The lowest BCUT2D eigenvalue weighted by Gasteiger charge is -2.12. The zero-order valence-electron chi connectivity index (χ0n) is 16.2. The van der Waals surface area contributed by atoms with Crippen LogP contribution in [0.3, 0.4) is 0 Å². The van der Waals surface area contributed by atoms with Crippen LogP contribution in [0.5, 0.6) is 0 Å². The standard InChI is InChI=1S/C24H13Br2ClN2O2S/c25-14-11-16(24-28-18-6-1-2-7-21(18)32-24)22(17(26)12-14)29-23(30)20-9-8-19(31-20)13-4-3-5-15(27)10-13/h1-12H,(H,29,30). The number of rotatable bonds is 4. The van der Waals surface area contributed by atoms with Crippen molar-refractivity contribution < 1.29 is 9.21 Å². The summed E-state index contributed by atoms with van der Waals surface area (Å²) in [6, 6.07) is 22.5. The van der Waals surface area contributed by atoms with E-state index < -0.39 is 0 Å². The van der Waals surface area contributed by atoms with Gasteiger partial charge in [-0.2, -0.15) is 0 Å². The molecule has 32 heavy (non-hydrogen) atoms. The predicted molar refractivity (Wildman–Crippen MR) is 138 cm³/mol. The second-order valence-electron chi connectivity index (χ2n) is 6.93. The maximum absolute atomic E-state index is 13.0. The molecule has 0 spiro atoms. The van der Waals surface area contributed by atoms with E-state index in [-0.39, 0.29) is 11.7 Å². The Hall–Kier alpha value is -2.45. The van der Waals surface area contributed by atoms with Crippen LogP contribution in [-0.4, -0.2) is 10.9 Å². The van der Waals surface area contributed by atoms with Gasteiger partial charge in [0.2, 0.25) is 0 Å². The smallest absolute Gasteiger partial charge is 0.291 e. The van der Waals surface area contributed by atoms with Crippen LogP contribution < -0.4 is 5.32 Å². The number of benzene rings is 3. The van der Waals surface area contributed by atoms with Crippen LogP contribution in [0, 0.1) is 0 Å². The molecule has 0 aliphatic carbocycles.